The first kappa shape index (κ1) is 10.8. The number of halogens is 1. The lowest BCUT2D eigenvalue weighted by atomic mass is 10.3. The number of para-hydroxylation sites is 1. The molecule has 0 saturated heterocycles. The zero-order valence-corrected chi connectivity index (χ0v) is 8.90. The zero-order chi connectivity index (χ0) is 10.6. The standard InChI is InChI=1S/C9H12ClN3O/c1-3-12(2)11-13(14)9-7-5-4-6-8(9)10/h4-7H,3H2,1-2H3. The van der Waals surface area contributed by atoms with Gasteiger partial charge < -0.3 is 5.21 Å². The quantitative estimate of drug-likeness (QED) is 0.440. The van der Waals surface area contributed by atoms with Crippen LogP contribution in [0.25, 0.3) is 0 Å². The van der Waals surface area contributed by atoms with Crippen molar-refractivity contribution in [1.82, 2.24) is 5.01 Å². The highest BCUT2D eigenvalue weighted by Gasteiger charge is 2.04. The lowest BCUT2D eigenvalue weighted by Crippen LogP contribution is -2.12. The summed E-state index contributed by atoms with van der Waals surface area (Å²) in [6.07, 6.45) is 0. The molecule has 0 unspecified atom stereocenters. The third kappa shape index (κ3) is 2.60. The molecule has 0 amide bonds. The van der Waals surface area contributed by atoms with Gasteiger partial charge in [0.05, 0.1) is 17.3 Å². The fourth-order valence-electron chi connectivity index (χ4n) is 0.857. The Morgan fingerprint density at radius 2 is 2.14 bits per heavy atom. The Morgan fingerprint density at radius 1 is 1.50 bits per heavy atom. The van der Waals surface area contributed by atoms with Crippen LogP contribution in [0.1, 0.15) is 6.92 Å². The Labute approximate surface area is 88.0 Å². The minimum atomic E-state index is 0.356. The summed E-state index contributed by atoms with van der Waals surface area (Å²) >= 11 is 5.83. The first-order valence-electron chi connectivity index (χ1n) is 4.29. The summed E-state index contributed by atoms with van der Waals surface area (Å²) in [5.74, 6) is 0. The third-order valence-electron chi connectivity index (χ3n) is 1.75. The van der Waals surface area contributed by atoms with Crippen LogP contribution in [0.5, 0.6) is 0 Å². The van der Waals surface area contributed by atoms with E-state index in [1.807, 2.05) is 6.92 Å². The largest absolute Gasteiger partial charge is 0.691 e. The van der Waals surface area contributed by atoms with Gasteiger partial charge in [-0.1, -0.05) is 23.7 Å². The molecule has 1 aromatic rings. The maximum absolute atomic E-state index is 11.5. The molecule has 0 spiro atoms. The summed E-state index contributed by atoms with van der Waals surface area (Å²) < 4.78 is 0. The molecule has 0 aliphatic carbocycles. The minimum Gasteiger partial charge on any atom is -0.691 e. The normalized spacial score (nSPS) is 11.5. The van der Waals surface area contributed by atoms with Crippen LogP contribution >= 0.6 is 11.6 Å². The van der Waals surface area contributed by atoms with Crippen molar-refractivity contribution in [1.29, 1.82) is 0 Å². The summed E-state index contributed by atoms with van der Waals surface area (Å²) in [5.41, 5.74) is 0.356. The smallest absolute Gasteiger partial charge is 0.172 e. The van der Waals surface area contributed by atoms with Gasteiger partial charge in [-0.25, -0.2) is 0 Å². The van der Waals surface area contributed by atoms with Crippen LogP contribution in [-0.2, 0) is 0 Å². The molecular weight excluding hydrogens is 202 g/mol. The molecule has 0 saturated carbocycles. The van der Waals surface area contributed by atoms with Gasteiger partial charge in [0.25, 0.3) is 0 Å². The van der Waals surface area contributed by atoms with Crippen molar-refractivity contribution in [3.05, 3.63) is 34.5 Å². The SMILES string of the molecule is CCN(C)N=[N+]([O-])c1ccccc1Cl. The van der Waals surface area contributed by atoms with E-state index >= 15 is 0 Å². The number of rotatable bonds is 3. The molecule has 0 heterocycles. The molecule has 1 rings (SSSR count). The van der Waals surface area contributed by atoms with Gasteiger partial charge in [-0.3, -0.25) is 0 Å². The Morgan fingerprint density at radius 3 is 2.71 bits per heavy atom. The summed E-state index contributed by atoms with van der Waals surface area (Å²) in [4.78, 5) is 0.520. The van der Waals surface area contributed by atoms with Crippen molar-refractivity contribution in [2.24, 2.45) is 5.22 Å². The van der Waals surface area contributed by atoms with Crippen LogP contribution in [0, 0.1) is 5.21 Å². The van der Waals surface area contributed by atoms with Crippen LogP contribution in [0.2, 0.25) is 5.02 Å². The lowest BCUT2D eigenvalue weighted by molar-refractivity contribution is -0.460. The second-order valence-electron chi connectivity index (χ2n) is 2.79. The fourth-order valence-corrected chi connectivity index (χ4v) is 1.06. The zero-order valence-electron chi connectivity index (χ0n) is 8.14. The summed E-state index contributed by atoms with van der Waals surface area (Å²) in [5, 5.41) is 17.1. The Kier molecular flexibility index (Phi) is 3.71. The maximum Gasteiger partial charge on any atom is 0.172 e. The molecule has 5 heteroatoms. The van der Waals surface area contributed by atoms with Crippen molar-refractivity contribution < 1.29 is 4.86 Å². The molecule has 0 aromatic heterocycles. The Balaban J connectivity index is 2.94. The number of benzene rings is 1. The van der Waals surface area contributed by atoms with Crippen molar-refractivity contribution in [3.8, 4) is 0 Å². The lowest BCUT2D eigenvalue weighted by Gasteiger charge is -2.09. The van der Waals surface area contributed by atoms with Crippen molar-refractivity contribution in [3.63, 3.8) is 0 Å². The van der Waals surface area contributed by atoms with Crippen LogP contribution in [0.4, 0.5) is 5.69 Å². The molecule has 0 radical (unpaired) electrons. The van der Waals surface area contributed by atoms with E-state index in [0.29, 0.717) is 22.1 Å². The molecule has 1 aromatic carbocycles. The van der Waals surface area contributed by atoms with Crippen LogP contribution in [0.3, 0.4) is 0 Å². The van der Waals surface area contributed by atoms with E-state index in [0.717, 1.165) is 0 Å². The van der Waals surface area contributed by atoms with Gasteiger partial charge in [0.2, 0.25) is 0 Å². The van der Waals surface area contributed by atoms with E-state index < -0.39 is 0 Å². The van der Waals surface area contributed by atoms with E-state index in [1.165, 1.54) is 5.01 Å². The minimum absolute atomic E-state index is 0.356. The molecule has 4 nitrogen and oxygen atoms in total. The highest BCUT2D eigenvalue weighted by Crippen LogP contribution is 2.23. The predicted molar refractivity (Wildman–Crippen MR) is 55.5 cm³/mol. The molecule has 0 bridgehead atoms. The van der Waals surface area contributed by atoms with Gasteiger partial charge in [0, 0.05) is 0 Å². The Bertz CT molecular complexity index is 341. The average molecular weight is 214 g/mol. The molecule has 0 aliphatic rings. The monoisotopic (exact) mass is 213 g/mol. The molecule has 14 heavy (non-hydrogen) atoms. The van der Waals surface area contributed by atoms with Gasteiger partial charge in [0.1, 0.15) is 6.54 Å². The van der Waals surface area contributed by atoms with E-state index in [4.69, 9.17) is 11.6 Å². The number of hydrogen-bond acceptors (Lipinski definition) is 2. The van der Waals surface area contributed by atoms with Crippen molar-refractivity contribution in [2.45, 2.75) is 6.92 Å². The van der Waals surface area contributed by atoms with Gasteiger partial charge in [0.15, 0.2) is 5.69 Å². The number of hydrogen-bond donors (Lipinski definition) is 0. The van der Waals surface area contributed by atoms with Crippen LogP contribution < -0.4 is 0 Å². The van der Waals surface area contributed by atoms with Crippen LogP contribution in [0.15, 0.2) is 29.5 Å². The van der Waals surface area contributed by atoms with Crippen LogP contribution in [-0.4, -0.2) is 23.5 Å². The first-order valence-corrected chi connectivity index (χ1v) is 4.67. The molecule has 76 valence electrons. The van der Waals surface area contributed by atoms with Gasteiger partial charge in [-0.2, -0.15) is 5.01 Å². The van der Waals surface area contributed by atoms with E-state index in [9.17, 15) is 5.21 Å². The van der Waals surface area contributed by atoms with Gasteiger partial charge >= 0.3 is 0 Å². The first-order chi connectivity index (χ1) is 6.65. The highest BCUT2D eigenvalue weighted by molar-refractivity contribution is 6.32. The Hall–Kier alpha value is -1.29. The topological polar surface area (TPSA) is 41.7 Å². The second kappa shape index (κ2) is 4.81. The van der Waals surface area contributed by atoms with E-state index in [1.54, 1.807) is 31.3 Å². The third-order valence-corrected chi connectivity index (χ3v) is 2.07. The van der Waals surface area contributed by atoms with E-state index in [2.05, 4.69) is 5.22 Å². The van der Waals surface area contributed by atoms with Crippen molar-refractivity contribution >= 4 is 17.3 Å². The summed E-state index contributed by atoms with van der Waals surface area (Å²) in [6, 6.07) is 6.79. The molecule has 0 N–H and O–H groups in total. The summed E-state index contributed by atoms with van der Waals surface area (Å²) in [6.45, 7) is 2.58. The fraction of sp³-hybridized carbons (Fsp3) is 0.333. The van der Waals surface area contributed by atoms with Gasteiger partial charge in [-0.05, 0) is 19.1 Å². The summed E-state index contributed by atoms with van der Waals surface area (Å²) in [7, 11) is 1.72. The predicted octanol–water partition coefficient (Wildman–Crippen LogP) is 2.80. The highest BCUT2D eigenvalue weighted by atomic mass is 35.5. The second-order valence-corrected chi connectivity index (χ2v) is 3.19. The molecule has 0 aliphatic heterocycles. The average Bonchev–Trinajstić information content (AvgIpc) is 2.18. The molecule has 0 fully saturated rings. The molecule has 0 atom stereocenters. The van der Waals surface area contributed by atoms with Crippen molar-refractivity contribution in [2.75, 3.05) is 13.6 Å². The van der Waals surface area contributed by atoms with E-state index in [-0.39, 0.29) is 0 Å². The van der Waals surface area contributed by atoms with Gasteiger partial charge in [-0.15, -0.1) is 4.86 Å². The maximum atomic E-state index is 11.5. The molecular formula is C9H12ClN3O. The number of nitrogens with zero attached hydrogens (tertiary/aromatic N) is 3.